The van der Waals surface area contributed by atoms with E-state index < -0.39 is 9.84 Å². The summed E-state index contributed by atoms with van der Waals surface area (Å²) in [7, 11) is -1.74. The lowest BCUT2D eigenvalue weighted by Crippen LogP contribution is -2.28. The highest BCUT2D eigenvalue weighted by Crippen LogP contribution is 2.16. The Morgan fingerprint density at radius 3 is 2.12 bits per heavy atom. The second kappa shape index (κ2) is 8.49. The summed E-state index contributed by atoms with van der Waals surface area (Å²) in [5.74, 6) is 0.120. The lowest BCUT2D eigenvalue weighted by atomic mass is 10.0. The van der Waals surface area contributed by atoms with Gasteiger partial charge in [-0.1, -0.05) is 55.8 Å². The van der Waals surface area contributed by atoms with Gasteiger partial charge in [0.25, 0.3) is 0 Å². The van der Waals surface area contributed by atoms with Crippen LogP contribution >= 0.6 is 0 Å². The van der Waals surface area contributed by atoms with Crippen LogP contribution < -0.4 is 0 Å². The third kappa shape index (κ3) is 5.43. The molecule has 2 rings (SSSR count). The number of carbonyl (C=O) groups excluding carboxylic acids is 1. The van der Waals surface area contributed by atoms with Gasteiger partial charge in [-0.05, 0) is 36.1 Å². The van der Waals surface area contributed by atoms with E-state index in [1.54, 1.807) is 36.2 Å². The summed E-state index contributed by atoms with van der Waals surface area (Å²) in [5.41, 5.74) is 3.29. The quantitative estimate of drug-likeness (QED) is 0.739. The van der Waals surface area contributed by atoms with Gasteiger partial charge in [0.2, 0.25) is 5.91 Å². The second-order valence-corrected chi connectivity index (χ2v) is 9.14. The van der Waals surface area contributed by atoms with Gasteiger partial charge < -0.3 is 4.90 Å². The Morgan fingerprint density at radius 2 is 1.58 bits per heavy atom. The molecule has 0 bridgehead atoms. The average Bonchev–Trinajstić information content (AvgIpc) is 2.60. The van der Waals surface area contributed by atoms with Crippen LogP contribution in [0, 0.1) is 6.92 Å². The van der Waals surface area contributed by atoms with Gasteiger partial charge in [-0.15, -0.1) is 0 Å². The number of sulfone groups is 1. The highest BCUT2D eigenvalue weighted by molar-refractivity contribution is 7.91. The minimum atomic E-state index is -3.44. The molecule has 140 valence electrons. The van der Waals surface area contributed by atoms with Crippen LogP contribution in [-0.4, -0.2) is 32.0 Å². The number of rotatable bonds is 7. The molecule has 4 nitrogen and oxygen atoms in total. The van der Waals surface area contributed by atoms with Crippen molar-refractivity contribution in [2.75, 3.05) is 12.8 Å². The van der Waals surface area contributed by atoms with E-state index in [9.17, 15) is 13.2 Å². The molecule has 26 heavy (non-hydrogen) atoms. The van der Waals surface area contributed by atoms with Crippen molar-refractivity contribution >= 4 is 15.7 Å². The normalized spacial score (nSPS) is 11.6. The SMILES string of the molecule is Cc1ccc(S(=O)(=O)CCC(=O)N(C)Cc2ccc(C(C)C)cc2)cc1. The summed E-state index contributed by atoms with van der Waals surface area (Å²) in [5, 5.41) is 0. The smallest absolute Gasteiger partial charge is 0.223 e. The Labute approximate surface area is 156 Å². The Morgan fingerprint density at radius 1 is 1.00 bits per heavy atom. The fraction of sp³-hybridized carbons (Fsp3) is 0.381. The number of nitrogens with zero attached hydrogens (tertiary/aromatic N) is 1. The van der Waals surface area contributed by atoms with Crippen LogP contribution in [0.15, 0.2) is 53.4 Å². The maximum absolute atomic E-state index is 12.4. The van der Waals surface area contributed by atoms with Gasteiger partial charge in [-0.25, -0.2) is 8.42 Å². The van der Waals surface area contributed by atoms with Gasteiger partial charge in [-0.3, -0.25) is 4.79 Å². The van der Waals surface area contributed by atoms with Gasteiger partial charge in [0.05, 0.1) is 10.6 Å². The van der Waals surface area contributed by atoms with Crippen molar-refractivity contribution in [1.82, 2.24) is 4.90 Å². The van der Waals surface area contributed by atoms with E-state index in [1.165, 1.54) is 5.56 Å². The standard InChI is InChI=1S/C21H27NO3S/c1-16(2)19-9-7-18(8-10-19)15-22(4)21(23)13-14-26(24,25)20-11-5-17(3)6-12-20/h5-12,16H,13-15H2,1-4H3. The monoisotopic (exact) mass is 373 g/mol. The van der Waals surface area contributed by atoms with Gasteiger partial charge in [-0.2, -0.15) is 0 Å². The molecule has 0 aliphatic heterocycles. The van der Waals surface area contributed by atoms with Crippen molar-refractivity contribution in [2.45, 2.75) is 44.6 Å². The third-order valence-electron chi connectivity index (χ3n) is 4.46. The van der Waals surface area contributed by atoms with E-state index in [1.807, 2.05) is 19.1 Å². The van der Waals surface area contributed by atoms with Gasteiger partial charge in [0.15, 0.2) is 9.84 Å². The van der Waals surface area contributed by atoms with Crippen molar-refractivity contribution in [2.24, 2.45) is 0 Å². The molecule has 5 heteroatoms. The van der Waals surface area contributed by atoms with Crippen molar-refractivity contribution in [1.29, 1.82) is 0 Å². The van der Waals surface area contributed by atoms with Crippen molar-refractivity contribution in [3.63, 3.8) is 0 Å². The number of amides is 1. The van der Waals surface area contributed by atoms with Gasteiger partial charge in [0, 0.05) is 20.0 Å². The van der Waals surface area contributed by atoms with Crippen LogP contribution in [0.4, 0.5) is 0 Å². The fourth-order valence-corrected chi connectivity index (χ4v) is 3.88. The Balaban J connectivity index is 1.93. The largest absolute Gasteiger partial charge is 0.341 e. The van der Waals surface area contributed by atoms with Crippen LogP contribution in [-0.2, 0) is 21.2 Å². The van der Waals surface area contributed by atoms with E-state index in [0.717, 1.165) is 11.1 Å². The first kappa shape index (κ1) is 20.2. The molecule has 0 aliphatic carbocycles. The maximum Gasteiger partial charge on any atom is 0.223 e. The van der Waals surface area contributed by atoms with Crippen molar-refractivity contribution < 1.29 is 13.2 Å². The highest BCUT2D eigenvalue weighted by atomic mass is 32.2. The average molecular weight is 374 g/mol. The van der Waals surface area contributed by atoms with Crippen LogP contribution in [0.5, 0.6) is 0 Å². The molecule has 0 aromatic heterocycles. The molecule has 0 unspecified atom stereocenters. The lowest BCUT2D eigenvalue weighted by Gasteiger charge is -2.18. The van der Waals surface area contributed by atoms with Crippen molar-refractivity contribution in [3.05, 3.63) is 65.2 Å². The predicted octanol–water partition coefficient (Wildman–Crippen LogP) is 3.94. The van der Waals surface area contributed by atoms with E-state index in [4.69, 9.17) is 0 Å². The maximum atomic E-state index is 12.4. The molecule has 0 aliphatic rings. The van der Waals surface area contributed by atoms with Crippen molar-refractivity contribution in [3.8, 4) is 0 Å². The summed E-state index contributed by atoms with van der Waals surface area (Å²) in [6, 6.07) is 14.9. The lowest BCUT2D eigenvalue weighted by molar-refractivity contribution is -0.130. The number of hydrogen-bond acceptors (Lipinski definition) is 3. The van der Waals surface area contributed by atoms with Crippen LogP contribution in [0.25, 0.3) is 0 Å². The molecule has 0 atom stereocenters. The predicted molar refractivity (Wildman–Crippen MR) is 105 cm³/mol. The van der Waals surface area contributed by atoms with Crippen LogP contribution in [0.2, 0.25) is 0 Å². The minimum Gasteiger partial charge on any atom is -0.341 e. The van der Waals surface area contributed by atoms with E-state index in [2.05, 4.69) is 26.0 Å². The number of benzene rings is 2. The number of carbonyl (C=O) groups is 1. The van der Waals surface area contributed by atoms with E-state index in [-0.39, 0.29) is 23.0 Å². The first-order chi connectivity index (χ1) is 12.2. The van der Waals surface area contributed by atoms with Crippen LogP contribution in [0.3, 0.4) is 0 Å². The summed E-state index contributed by atoms with van der Waals surface area (Å²) in [6.45, 7) is 6.66. The Hall–Kier alpha value is -2.14. The third-order valence-corrected chi connectivity index (χ3v) is 6.19. The molecule has 0 heterocycles. The summed E-state index contributed by atoms with van der Waals surface area (Å²) in [6.07, 6.45) is -0.0171. The number of aryl methyl sites for hydroxylation is 1. The summed E-state index contributed by atoms with van der Waals surface area (Å²) >= 11 is 0. The highest BCUT2D eigenvalue weighted by Gasteiger charge is 2.18. The molecule has 1 amide bonds. The fourth-order valence-electron chi connectivity index (χ4n) is 2.65. The first-order valence-electron chi connectivity index (χ1n) is 8.81. The van der Waals surface area contributed by atoms with E-state index >= 15 is 0 Å². The topological polar surface area (TPSA) is 54.5 Å². The number of hydrogen-bond donors (Lipinski definition) is 0. The minimum absolute atomic E-state index is 0.0171. The van der Waals surface area contributed by atoms with Crippen LogP contribution in [0.1, 0.15) is 42.9 Å². The molecule has 2 aromatic rings. The summed E-state index contributed by atoms with van der Waals surface area (Å²) in [4.78, 5) is 14.2. The molecule has 0 radical (unpaired) electrons. The molecule has 0 fully saturated rings. The van der Waals surface area contributed by atoms with Gasteiger partial charge >= 0.3 is 0 Å². The molecule has 0 saturated heterocycles. The molecule has 0 saturated carbocycles. The molecular formula is C21H27NO3S. The first-order valence-corrected chi connectivity index (χ1v) is 10.5. The van der Waals surface area contributed by atoms with Gasteiger partial charge in [0.1, 0.15) is 0 Å². The summed E-state index contributed by atoms with van der Waals surface area (Å²) < 4.78 is 24.7. The second-order valence-electron chi connectivity index (χ2n) is 7.03. The Bertz CT molecular complexity index is 838. The molecule has 2 aromatic carbocycles. The zero-order valence-corrected chi connectivity index (χ0v) is 16.7. The zero-order valence-electron chi connectivity index (χ0n) is 15.9. The zero-order chi connectivity index (χ0) is 19.3. The molecular weight excluding hydrogens is 346 g/mol. The van der Waals surface area contributed by atoms with E-state index in [0.29, 0.717) is 12.5 Å². The molecule has 0 spiro atoms. The molecule has 0 N–H and O–H groups in total. The Kier molecular flexibility index (Phi) is 6.59.